The van der Waals surface area contributed by atoms with Gasteiger partial charge >= 0.3 is 18.3 Å². The molecule has 2 aliphatic heterocycles. The van der Waals surface area contributed by atoms with E-state index in [1.54, 1.807) is 53.4 Å². The number of hydrogen-bond donors (Lipinski definition) is 3. The normalized spacial score (nSPS) is 14.9. The van der Waals surface area contributed by atoms with Gasteiger partial charge in [-0.15, -0.1) is 10.2 Å². The summed E-state index contributed by atoms with van der Waals surface area (Å²) in [7, 11) is -3.82. The number of nitrogens with zero attached hydrogens (tertiary/aromatic N) is 3. The van der Waals surface area contributed by atoms with Crippen molar-refractivity contribution in [2.75, 3.05) is 37.5 Å². The van der Waals surface area contributed by atoms with Crippen molar-refractivity contribution in [1.82, 2.24) is 20.4 Å². The number of alkyl halides is 6. The Kier molecular flexibility index (Phi) is 16.2. The van der Waals surface area contributed by atoms with Gasteiger partial charge in [0.05, 0.1) is 11.4 Å². The van der Waals surface area contributed by atoms with E-state index < -0.39 is 34.0 Å². The number of anilines is 1. The van der Waals surface area contributed by atoms with Crippen molar-refractivity contribution >= 4 is 27.6 Å². The van der Waals surface area contributed by atoms with Crippen LogP contribution in [0.2, 0.25) is 0 Å². The predicted octanol–water partition coefficient (Wildman–Crippen LogP) is 8.06. The number of carbonyl (C=O) groups excluding carboxylic acids is 1. The number of amides is 1. The minimum absolute atomic E-state index is 0.0529. The Morgan fingerprint density at radius 1 is 0.915 bits per heavy atom. The van der Waals surface area contributed by atoms with Gasteiger partial charge in [-0.3, -0.25) is 9.52 Å². The Balaban J connectivity index is 0.000000774. The highest BCUT2D eigenvalue weighted by Crippen LogP contribution is 2.33. The first-order valence-corrected chi connectivity index (χ1v) is 20.1. The molecule has 0 spiro atoms. The van der Waals surface area contributed by atoms with Crippen LogP contribution in [0.5, 0.6) is 17.4 Å². The summed E-state index contributed by atoms with van der Waals surface area (Å²) >= 11 is 0. The highest BCUT2D eigenvalue weighted by Gasteiger charge is 2.38. The number of carboxylic acids is 1. The van der Waals surface area contributed by atoms with E-state index in [1.807, 2.05) is 38.1 Å². The lowest BCUT2D eigenvalue weighted by atomic mass is 9.89. The zero-order valence-corrected chi connectivity index (χ0v) is 32.8. The van der Waals surface area contributed by atoms with Crippen molar-refractivity contribution < 1.29 is 58.9 Å². The number of carbonyl (C=O) groups is 2. The molecule has 2 aliphatic rings. The van der Waals surface area contributed by atoms with Gasteiger partial charge in [0, 0.05) is 43.7 Å². The average Bonchev–Trinajstić information content (AvgIpc) is 3.18. The lowest BCUT2D eigenvalue weighted by Crippen LogP contribution is -2.40. The topological polar surface area (TPSA) is 160 Å². The fourth-order valence-corrected chi connectivity index (χ4v) is 6.95. The Labute approximate surface area is 337 Å². The summed E-state index contributed by atoms with van der Waals surface area (Å²) in [6.45, 7) is 7.08. The van der Waals surface area contributed by atoms with E-state index in [0.29, 0.717) is 54.5 Å². The second kappa shape index (κ2) is 20.8. The molecule has 318 valence electrons. The number of ether oxygens (including phenoxy) is 2. The molecule has 0 unspecified atom stereocenters. The predicted molar refractivity (Wildman–Crippen MR) is 207 cm³/mol. The molecule has 0 radical (unpaired) electrons. The first-order chi connectivity index (χ1) is 28.0. The Morgan fingerprint density at radius 3 is 2.10 bits per heavy atom. The fraction of sp³-hybridized carbons (Fsp3) is 0.350. The van der Waals surface area contributed by atoms with Gasteiger partial charge in [-0.2, -0.15) is 26.3 Å². The number of rotatable bonds is 12. The number of piperidine rings is 1. The van der Waals surface area contributed by atoms with Crippen molar-refractivity contribution in [3.63, 3.8) is 0 Å². The summed E-state index contributed by atoms with van der Waals surface area (Å²) < 4.78 is 110. The molecule has 0 bridgehead atoms. The molecule has 0 saturated carbocycles. The quantitative estimate of drug-likeness (QED) is 0.0940. The van der Waals surface area contributed by atoms with E-state index in [1.165, 1.54) is 6.07 Å². The molecule has 2 saturated heterocycles. The number of aliphatic carboxylic acids is 1. The summed E-state index contributed by atoms with van der Waals surface area (Å²) in [6, 6.07) is 22.8. The van der Waals surface area contributed by atoms with Gasteiger partial charge in [-0.1, -0.05) is 68.5 Å². The third kappa shape index (κ3) is 14.3. The summed E-state index contributed by atoms with van der Waals surface area (Å²) in [5.74, 6) is -1.89. The van der Waals surface area contributed by atoms with E-state index in [9.17, 15) is 39.6 Å². The van der Waals surface area contributed by atoms with Gasteiger partial charge in [0.2, 0.25) is 15.9 Å². The molecular formula is C40H43F6N5O7S. The highest BCUT2D eigenvalue weighted by molar-refractivity contribution is 7.91. The van der Waals surface area contributed by atoms with Crippen LogP contribution in [-0.2, 0) is 26.7 Å². The number of benzene rings is 3. The number of sulfonamides is 1. The molecule has 3 heterocycles. The summed E-state index contributed by atoms with van der Waals surface area (Å²) in [6.07, 6.45) is -4.28. The van der Waals surface area contributed by atoms with Gasteiger partial charge in [-0.05, 0) is 66.3 Å². The molecule has 3 N–H and O–H groups in total. The summed E-state index contributed by atoms with van der Waals surface area (Å²) in [5, 5.41) is 17.0. The molecule has 6 rings (SSSR count). The number of carboxylic acid groups (broad SMARTS) is 1. The fourth-order valence-electron chi connectivity index (χ4n) is 5.75. The van der Waals surface area contributed by atoms with Crippen LogP contribution in [0.25, 0.3) is 0 Å². The average molecular weight is 852 g/mol. The first-order valence-electron chi connectivity index (χ1n) is 18.4. The van der Waals surface area contributed by atoms with Gasteiger partial charge in [0.1, 0.15) is 18.1 Å². The second-order valence-electron chi connectivity index (χ2n) is 13.0. The van der Waals surface area contributed by atoms with Crippen molar-refractivity contribution in [2.24, 2.45) is 5.92 Å². The van der Waals surface area contributed by atoms with Crippen molar-refractivity contribution in [3.05, 3.63) is 119 Å². The van der Waals surface area contributed by atoms with Crippen LogP contribution in [0.4, 0.5) is 32.0 Å². The maximum absolute atomic E-state index is 13.6. The molecule has 0 aliphatic carbocycles. The molecule has 0 atom stereocenters. The maximum Gasteiger partial charge on any atom is 0.490 e. The SMILES string of the molecule is CC.O=C(O)C(F)(F)F.O=C(c1ccc(OC/C=C/C2CNC2)c(NS(=O)(=O)Cc2ccccc2)c1)N1CCC(c2ccc(Oc3ccc(C(F)(F)F)nn3)cc2)CC1. The van der Waals surface area contributed by atoms with E-state index >= 15 is 0 Å². The largest absolute Gasteiger partial charge is 0.490 e. The molecule has 59 heavy (non-hydrogen) atoms. The Hall–Kier alpha value is -5.69. The van der Waals surface area contributed by atoms with E-state index in [-0.39, 0.29) is 35.8 Å². The van der Waals surface area contributed by atoms with Gasteiger partial charge in [-0.25, -0.2) is 13.2 Å². The molecule has 1 aromatic heterocycles. The van der Waals surface area contributed by atoms with Crippen LogP contribution in [0.15, 0.2) is 97.1 Å². The first kappa shape index (κ1) is 46.0. The van der Waals surface area contributed by atoms with Gasteiger partial charge in [0.25, 0.3) is 5.91 Å². The highest BCUT2D eigenvalue weighted by atomic mass is 32.2. The second-order valence-corrected chi connectivity index (χ2v) is 14.7. The number of nitrogens with one attached hydrogen (secondary N) is 2. The zero-order valence-electron chi connectivity index (χ0n) is 32.0. The molecule has 2 fully saturated rings. The van der Waals surface area contributed by atoms with E-state index in [4.69, 9.17) is 19.4 Å². The van der Waals surface area contributed by atoms with E-state index in [2.05, 4.69) is 26.3 Å². The Morgan fingerprint density at radius 2 is 1.56 bits per heavy atom. The Bertz CT molecular complexity index is 2110. The standard InChI is InChI=1S/C36H36F3N5O5S.C2HF3O2.C2H6/c37-36(38,39)33-14-15-34(42-41-33)49-30-11-8-27(9-12-30)28-16-18-44(19-17-28)35(45)29-10-13-32(48-20-4-7-26-22-40-23-26)31(21-29)43-50(46,47)24-25-5-2-1-3-6-25;3-2(4,5)1(6)7;1-2/h1-15,21,26,28,40,43H,16-20,22-24H2;(H,6,7);1-2H3/b7-4+;;. The van der Waals surface area contributed by atoms with Crippen molar-refractivity contribution in [2.45, 2.75) is 50.7 Å². The van der Waals surface area contributed by atoms with E-state index in [0.717, 1.165) is 30.8 Å². The minimum atomic E-state index is -5.08. The van der Waals surface area contributed by atoms with Crippen molar-refractivity contribution in [3.8, 4) is 17.4 Å². The monoisotopic (exact) mass is 851 g/mol. The number of aromatic nitrogens is 2. The summed E-state index contributed by atoms with van der Waals surface area (Å²) in [5.41, 5.74) is 1.12. The van der Waals surface area contributed by atoms with Gasteiger partial charge < -0.3 is 24.8 Å². The number of hydrogen-bond acceptors (Lipinski definition) is 9. The van der Waals surface area contributed by atoms with Crippen molar-refractivity contribution in [1.29, 1.82) is 0 Å². The molecule has 3 aromatic carbocycles. The minimum Gasteiger partial charge on any atom is -0.487 e. The van der Waals surface area contributed by atoms with Crippen LogP contribution in [0.3, 0.4) is 0 Å². The lowest BCUT2D eigenvalue weighted by Gasteiger charge is -2.32. The molecular weight excluding hydrogens is 809 g/mol. The zero-order chi connectivity index (χ0) is 43.2. The third-order valence-electron chi connectivity index (χ3n) is 8.78. The molecule has 19 heteroatoms. The number of halogens is 6. The van der Waals surface area contributed by atoms with Crippen LogP contribution in [0, 0.1) is 5.92 Å². The van der Waals surface area contributed by atoms with Crippen LogP contribution in [0.1, 0.15) is 59.8 Å². The molecule has 1 amide bonds. The maximum atomic E-state index is 13.6. The molecule has 4 aromatic rings. The van der Waals surface area contributed by atoms with Gasteiger partial charge in [0.15, 0.2) is 5.69 Å². The third-order valence-corrected chi connectivity index (χ3v) is 10.0. The van der Waals surface area contributed by atoms with Crippen LogP contribution < -0.4 is 19.5 Å². The number of likely N-dealkylation sites (tertiary alicyclic amines) is 1. The van der Waals surface area contributed by atoms with Crippen LogP contribution >= 0.6 is 0 Å². The molecule has 12 nitrogen and oxygen atoms in total. The summed E-state index contributed by atoms with van der Waals surface area (Å²) in [4.78, 5) is 24.3. The lowest BCUT2D eigenvalue weighted by molar-refractivity contribution is -0.192. The smallest absolute Gasteiger partial charge is 0.487 e. The van der Waals surface area contributed by atoms with Crippen LogP contribution in [-0.4, -0.2) is 79.5 Å².